The Hall–Kier alpha value is -1.23. The summed E-state index contributed by atoms with van der Waals surface area (Å²) in [5.41, 5.74) is 0.676. The molecule has 1 fully saturated rings. The van der Waals surface area contributed by atoms with Gasteiger partial charge in [0.15, 0.2) is 17.4 Å². The van der Waals surface area contributed by atoms with E-state index in [1.807, 2.05) is 0 Å². The van der Waals surface area contributed by atoms with Crippen LogP contribution in [0.2, 0.25) is 15.1 Å². The SMILES string of the molecule is O=C(Cc1ncc(F)c(I)c1F)c1cc(NC(=O)C2C(c3cc(Cl)cc(Cl)c3)C2(Cl)Cl)ccc1Cl. The number of alkyl halides is 2. The molecule has 0 saturated heterocycles. The van der Waals surface area contributed by atoms with Crippen molar-refractivity contribution in [3.05, 3.63) is 89.7 Å². The predicted octanol–water partition coefficient (Wildman–Crippen LogP) is 7.88. The molecular formula is C23H12Cl5F2IN2O2. The van der Waals surface area contributed by atoms with Crippen LogP contribution >= 0.6 is 80.6 Å². The van der Waals surface area contributed by atoms with Gasteiger partial charge >= 0.3 is 0 Å². The molecule has 1 amide bonds. The monoisotopic (exact) mass is 688 g/mol. The molecule has 1 N–H and O–H groups in total. The molecule has 2 unspecified atom stereocenters. The number of nitrogens with zero attached hydrogens (tertiary/aromatic N) is 1. The first kappa shape index (κ1) is 26.8. The molecular weight excluding hydrogens is 678 g/mol. The number of pyridine rings is 1. The van der Waals surface area contributed by atoms with Gasteiger partial charge in [0.25, 0.3) is 0 Å². The minimum atomic E-state index is -1.38. The molecule has 0 bridgehead atoms. The first-order valence-corrected chi connectivity index (χ1v) is 12.8. The summed E-state index contributed by atoms with van der Waals surface area (Å²) in [4.78, 5) is 29.4. The van der Waals surface area contributed by atoms with E-state index < -0.39 is 45.9 Å². The molecule has 12 heteroatoms. The van der Waals surface area contributed by atoms with Crippen LogP contribution in [0.15, 0.2) is 42.6 Å². The largest absolute Gasteiger partial charge is 0.326 e. The summed E-state index contributed by atoms with van der Waals surface area (Å²) in [6.07, 6.45) is 0.390. The van der Waals surface area contributed by atoms with Crippen molar-refractivity contribution in [3.63, 3.8) is 0 Å². The number of carbonyl (C=O) groups excluding carboxylic acids is 2. The fourth-order valence-corrected chi connectivity index (χ4v) is 5.75. The highest BCUT2D eigenvalue weighted by atomic mass is 127. The van der Waals surface area contributed by atoms with Gasteiger partial charge in [-0.2, -0.15) is 0 Å². The van der Waals surface area contributed by atoms with Gasteiger partial charge in [0, 0.05) is 27.2 Å². The van der Waals surface area contributed by atoms with E-state index in [-0.39, 0.29) is 25.5 Å². The van der Waals surface area contributed by atoms with E-state index in [0.29, 0.717) is 15.6 Å². The minimum Gasteiger partial charge on any atom is -0.326 e. The molecule has 35 heavy (non-hydrogen) atoms. The molecule has 1 saturated carbocycles. The zero-order valence-electron chi connectivity index (χ0n) is 17.2. The van der Waals surface area contributed by atoms with E-state index in [0.717, 1.165) is 6.20 Å². The number of hydrogen-bond donors (Lipinski definition) is 1. The molecule has 3 aromatic rings. The number of nitrogens with one attached hydrogen (secondary N) is 1. The Labute approximate surface area is 237 Å². The van der Waals surface area contributed by atoms with E-state index in [9.17, 15) is 18.4 Å². The highest BCUT2D eigenvalue weighted by Crippen LogP contribution is 2.65. The number of ketones is 1. The normalized spacial score (nSPS) is 18.3. The van der Waals surface area contributed by atoms with Gasteiger partial charge < -0.3 is 5.32 Å². The van der Waals surface area contributed by atoms with Crippen LogP contribution in [0.1, 0.15) is 27.5 Å². The molecule has 1 heterocycles. The maximum atomic E-state index is 14.3. The van der Waals surface area contributed by atoms with Crippen molar-refractivity contribution in [2.75, 3.05) is 5.32 Å². The second-order valence-electron chi connectivity index (χ2n) is 7.80. The van der Waals surface area contributed by atoms with Crippen molar-refractivity contribution in [2.24, 2.45) is 5.92 Å². The molecule has 1 aliphatic carbocycles. The predicted molar refractivity (Wildman–Crippen MR) is 142 cm³/mol. The minimum absolute atomic E-state index is 0.0296. The fourth-order valence-electron chi connectivity index (χ4n) is 3.71. The lowest BCUT2D eigenvalue weighted by molar-refractivity contribution is -0.117. The third-order valence-corrected chi connectivity index (χ3v) is 8.13. The molecule has 0 radical (unpaired) electrons. The van der Waals surface area contributed by atoms with E-state index in [1.165, 1.54) is 40.8 Å². The number of hydrogen-bond acceptors (Lipinski definition) is 3. The van der Waals surface area contributed by atoms with Crippen LogP contribution in [0.5, 0.6) is 0 Å². The lowest BCUT2D eigenvalue weighted by Gasteiger charge is -2.10. The fraction of sp³-hybridized carbons (Fsp3) is 0.174. The lowest BCUT2D eigenvalue weighted by atomic mass is 10.0. The number of anilines is 1. The maximum absolute atomic E-state index is 14.3. The molecule has 4 nitrogen and oxygen atoms in total. The standard InChI is InChI=1S/C23H12Cl5F2IN2O2/c24-10-3-9(4-11(25)5-10)18-19(23(18,27)28)22(35)33-12-1-2-14(26)13(6-12)17(34)7-16-20(30)21(31)15(29)8-32-16/h1-6,8,18-19H,7H2,(H,33,35). The summed E-state index contributed by atoms with van der Waals surface area (Å²) >= 11 is 32.5. The van der Waals surface area contributed by atoms with Crippen molar-refractivity contribution < 1.29 is 18.4 Å². The second kappa shape index (κ2) is 10.3. The summed E-state index contributed by atoms with van der Waals surface area (Å²) in [5.74, 6) is -4.16. The summed E-state index contributed by atoms with van der Waals surface area (Å²) in [5, 5.41) is 3.53. The smallest absolute Gasteiger partial charge is 0.231 e. The van der Waals surface area contributed by atoms with Crippen molar-refractivity contribution in [1.82, 2.24) is 4.98 Å². The Kier molecular flexibility index (Phi) is 7.87. The Morgan fingerprint density at radius 2 is 1.71 bits per heavy atom. The number of carbonyl (C=O) groups is 2. The van der Waals surface area contributed by atoms with Crippen molar-refractivity contribution in [1.29, 1.82) is 0 Å². The van der Waals surface area contributed by atoms with E-state index in [2.05, 4.69) is 10.3 Å². The molecule has 4 rings (SSSR count). The first-order valence-electron chi connectivity index (χ1n) is 9.86. The molecule has 0 spiro atoms. The number of Topliss-reactive ketones (excluding diaryl/α,β-unsaturated/α-hetero) is 1. The average molecular weight is 691 g/mol. The van der Waals surface area contributed by atoms with Gasteiger partial charge in [-0.15, -0.1) is 23.2 Å². The van der Waals surface area contributed by atoms with Crippen LogP contribution in [-0.2, 0) is 11.2 Å². The molecule has 2 aromatic carbocycles. The van der Waals surface area contributed by atoms with E-state index >= 15 is 0 Å². The van der Waals surface area contributed by atoms with Gasteiger partial charge in [-0.25, -0.2) is 8.78 Å². The Morgan fingerprint density at radius 3 is 2.37 bits per heavy atom. The Bertz CT molecular complexity index is 1350. The lowest BCUT2D eigenvalue weighted by Crippen LogP contribution is -2.17. The van der Waals surface area contributed by atoms with Gasteiger partial charge in [-0.3, -0.25) is 14.6 Å². The van der Waals surface area contributed by atoms with Crippen molar-refractivity contribution in [2.45, 2.75) is 16.7 Å². The number of benzene rings is 2. The van der Waals surface area contributed by atoms with E-state index in [1.54, 1.807) is 18.2 Å². The average Bonchev–Trinajstić information content (AvgIpc) is 3.36. The van der Waals surface area contributed by atoms with Crippen molar-refractivity contribution >= 4 is 98.0 Å². The van der Waals surface area contributed by atoms with Crippen LogP contribution in [0, 0.1) is 21.1 Å². The van der Waals surface area contributed by atoms with Crippen molar-refractivity contribution in [3.8, 4) is 0 Å². The summed E-state index contributed by atoms with van der Waals surface area (Å²) in [7, 11) is 0. The molecule has 1 aliphatic rings. The van der Waals surface area contributed by atoms with Crippen LogP contribution < -0.4 is 5.32 Å². The molecule has 2 atom stereocenters. The van der Waals surface area contributed by atoms with Gasteiger partial charge in [0.05, 0.1) is 32.8 Å². The number of halogens is 8. The first-order chi connectivity index (χ1) is 16.4. The van der Waals surface area contributed by atoms with Crippen LogP contribution in [0.4, 0.5) is 14.5 Å². The summed E-state index contributed by atoms with van der Waals surface area (Å²) in [6.45, 7) is 0. The quantitative estimate of drug-likeness (QED) is 0.163. The zero-order valence-corrected chi connectivity index (χ0v) is 23.1. The van der Waals surface area contributed by atoms with Crippen LogP contribution in [-0.4, -0.2) is 21.0 Å². The van der Waals surface area contributed by atoms with Crippen LogP contribution in [0.3, 0.4) is 0 Å². The highest BCUT2D eigenvalue weighted by Gasteiger charge is 2.67. The molecule has 1 aromatic heterocycles. The third kappa shape index (κ3) is 5.55. The number of amides is 1. The summed E-state index contributed by atoms with van der Waals surface area (Å²) < 4.78 is 26.1. The molecule has 182 valence electrons. The second-order valence-corrected chi connectivity index (χ2v) is 11.6. The van der Waals surface area contributed by atoms with Crippen LogP contribution in [0.25, 0.3) is 0 Å². The zero-order chi connectivity index (χ0) is 25.7. The topological polar surface area (TPSA) is 59.1 Å². The Morgan fingerprint density at radius 1 is 1.06 bits per heavy atom. The summed E-state index contributed by atoms with van der Waals surface area (Å²) in [6, 6.07) is 9.08. The number of aromatic nitrogens is 1. The van der Waals surface area contributed by atoms with Gasteiger partial charge in [-0.1, -0.05) is 34.8 Å². The van der Waals surface area contributed by atoms with Gasteiger partial charge in [-0.05, 0) is 64.6 Å². The van der Waals surface area contributed by atoms with Gasteiger partial charge in [0.2, 0.25) is 5.91 Å². The maximum Gasteiger partial charge on any atom is 0.231 e. The third-order valence-electron chi connectivity index (χ3n) is 5.43. The van der Waals surface area contributed by atoms with Gasteiger partial charge in [0.1, 0.15) is 4.33 Å². The highest BCUT2D eigenvalue weighted by molar-refractivity contribution is 14.1. The Balaban J connectivity index is 1.52. The number of rotatable bonds is 6. The van der Waals surface area contributed by atoms with E-state index in [4.69, 9.17) is 58.0 Å². The molecule has 0 aliphatic heterocycles.